The molecule has 21 heavy (non-hydrogen) atoms. The number of hydrogen-bond acceptors (Lipinski definition) is 5. The second-order valence-corrected chi connectivity index (χ2v) is 6.26. The molecule has 0 aliphatic heterocycles. The summed E-state index contributed by atoms with van der Waals surface area (Å²) < 4.78 is 32.4. The van der Waals surface area contributed by atoms with Gasteiger partial charge in [0.25, 0.3) is 0 Å². The van der Waals surface area contributed by atoms with E-state index in [-0.39, 0.29) is 4.90 Å². The van der Waals surface area contributed by atoms with Gasteiger partial charge < -0.3 is 9.84 Å². The fourth-order valence-electron chi connectivity index (χ4n) is 1.91. The van der Waals surface area contributed by atoms with Gasteiger partial charge in [0.05, 0.1) is 11.1 Å². The van der Waals surface area contributed by atoms with E-state index in [4.69, 9.17) is 4.52 Å². The first-order valence-corrected chi connectivity index (χ1v) is 8.34. The maximum atomic E-state index is 12.4. The largest absolute Gasteiger partial charge is 0.356 e. The van der Waals surface area contributed by atoms with E-state index in [1.54, 1.807) is 30.3 Å². The molecule has 2 N–H and O–H groups in total. The van der Waals surface area contributed by atoms with Gasteiger partial charge in [0.15, 0.2) is 5.76 Å². The highest BCUT2D eigenvalue weighted by atomic mass is 32.2. The molecule has 0 fully saturated rings. The summed E-state index contributed by atoms with van der Waals surface area (Å²) in [5, 5.41) is 6.76. The van der Waals surface area contributed by atoms with Gasteiger partial charge >= 0.3 is 0 Å². The Morgan fingerprint density at radius 1 is 1.14 bits per heavy atom. The lowest BCUT2D eigenvalue weighted by molar-refractivity contribution is 0.431. The quantitative estimate of drug-likeness (QED) is 0.724. The Morgan fingerprint density at radius 3 is 2.67 bits per heavy atom. The molecule has 1 aromatic heterocycles. The minimum Gasteiger partial charge on any atom is -0.356 e. The van der Waals surface area contributed by atoms with Gasteiger partial charge in [0, 0.05) is 24.7 Å². The molecule has 0 atom stereocenters. The summed E-state index contributed by atoms with van der Waals surface area (Å²) in [5.41, 5.74) is 0.504. The zero-order chi connectivity index (χ0) is 15.1. The SMILES string of the molecule is CCCNCCNS(=O)(=O)c1ccccc1-c1ccno1. The number of nitrogens with one attached hydrogen (secondary N) is 2. The van der Waals surface area contributed by atoms with Gasteiger partial charge in [0.2, 0.25) is 10.0 Å². The van der Waals surface area contributed by atoms with E-state index in [9.17, 15) is 8.42 Å². The first kappa shape index (κ1) is 15.7. The van der Waals surface area contributed by atoms with E-state index in [0.717, 1.165) is 13.0 Å². The van der Waals surface area contributed by atoms with Gasteiger partial charge in [-0.25, -0.2) is 13.1 Å². The number of hydrogen-bond donors (Lipinski definition) is 2. The van der Waals surface area contributed by atoms with Crippen LogP contribution < -0.4 is 10.0 Å². The molecule has 0 radical (unpaired) electrons. The molecule has 2 rings (SSSR count). The normalized spacial score (nSPS) is 11.7. The fraction of sp³-hybridized carbons (Fsp3) is 0.357. The number of rotatable bonds is 8. The van der Waals surface area contributed by atoms with E-state index in [2.05, 4.69) is 22.1 Å². The van der Waals surface area contributed by atoms with Crippen LogP contribution in [-0.2, 0) is 10.0 Å². The third-order valence-corrected chi connectivity index (χ3v) is 4.42. The Balaban J connectivity index is 2.13. The van der Waals surface area contributed by atoms with E-state index in [1.165, 1.54) is 6.20 Å². The van der Waals surface area contributed by atoms with Crippen LogP contribution in [-0.4, -0.2) is 33.2 Å². The lowest BCUT2D eigenvalue weighted by Crippen LogP contribution is -2.32. The summed E-state index contributed by atoms with van der Waals surface area (Å²) in [7, 11) is -3.58. The summed E-state index contributed by atoms with van der Waals surface area (Å²) in [5.74, 6) is 0.431. The van der Waals surface area contributed by atoms with E-state index in [1.807, 2.05) is 0 Å². The molecule has 6 nitrogen and oxygen atoms in total. The van der Waals surface area contributed by atoms with Gasteiger partial charge in [-0.15, -0.1) is 0 Å². The Labute approximate surface area is 124 Å². The molecule has 1 heterocycles. The molecule has 2 aromatic rings. The maximum Gasteiger partial charge on any atom is 0.241 e. The Bertz CT molecular complexity index is 654. The molecule has 0 saturated heterocycles. The van der Waals surface area contributed by atoms with E-state index >= 15 is 0 Å². The second-order valence-electron chi connectivity index (χ2n) is 4.52. The van der Waals surface area contributed by atoms with Gasteiger partial charge in [-0.05, 0) is 25.1 Å². The van der Waals surface area contributed by atoms with Crippen LogP contribution in [0.25, 0.3) is 11.3 Å². The minimum atomic E-state index is -3.58. The van der Waals surface area contributed by atoms with Gasteiger partial charge in [-0.3, -0.25) is 0 Å². The first-order chi connectivity index (χ1) is 10.1. The monoisotopic (exact) mass is 309 g/mol. The zero-order valence-corrected chi connectivity index (χ0v) is 12.7. The second kappa shape index (κ2) is 7.35. The van der Waals surface area contributed by atoms with Crippen molar-refractivity contribution in [3.63, 3.8) is 0 Å². The Hall–Kier alpha value is -1.70. The highest BCUT2D eigenvalue weighted by Crippen LogP contribution is 2.26. The lowest BCUT2D eigenvalue weighted by Gasteiger charge is -2.10. The number of nitrogens with zero attached hydrogens (tertiary/aromatic N) is 1. The van der Waals surface area contributed by atoms with Crippen molar-refractivity contribution < 1.29 is 12.9 Å². The van der Waals surface area contributed by atoms with Crippen molar-refractivity contribution in [2.24, 2.45) is 0 Å². The van der Waals surface area contributed by atoms with Crippen molar-refractivity contribution in [2.75, 3.05) is 19.6 Å². The molecule has 0 aliphatic carbocycles. The van der Waals surface area contributed by atoms with E-state index < -0.39 is 10.0 Å². The summed E-state index contributed by atoms with van der Waals surface area (Å²) >= 11 is 0. The topological polar surface area (TPSA) is 84.2 Å². The molecule has 0 unspecified atom stereocenters. The Morgan fingerprint density at radius 2 is 1.95 bits per heavy atom. The minimum absolute atomic E-state index is 0.192. The van der Waals surface area contributed by atoms with Crippen molar-refractivity contribution in [3.05, 3.63) is 36.5 Å². The smallest absolute Gasteiger partial charge is 0.241 e. The number of sulfonamides is 1. The molecule has 0 bridgehead atoms. The molecule has 1 aromatic carbocycles. The molecule has 114 valence electrons. The highest BCUT2D eigenvalue weighted by Gasteiger charge is 2.20. The van der Waals surface area contributed by atoms with Crippen molar-refractivity contribution in [1.29, 1.82) is 0 Å². The molecule has 0 amide bonds. The molecule has 0 aliphatic rings. The van der Waals surface area contributed by atoms with Crippen molar-refractivity contribution in [3.8, 4) is 11.3 Å². The molecule has 0 saturated carbocycles. The Kier molecular flexibility index (Phi) is 5.49. The lowest BCUT2D eigenvalue weighted by atomic mass is 10.2. The van der Waals surface area contributed by atoms with Crippen LogP contribution in [0.4, 0.5) is 0 Å². The third kappa shape index (κ3) is 4.13. The van der Waals surface area contributed by atoms with Gasteiger partial charge in [-0.2, -0.15) is 0 Å². The van der Waals surface area contributed by atoms with Crippen LogP contribution >= 0.6 is 0 Å². The average Bonchev–Trinajstić information content (AvgIpc) is 3.01. The maximum absolute atomic E-state index is 12.4. The van der Waals surface area contributed by atoms with Crippen molar-refractivity contribution in [1.82, 2.24) is 15.2 Å². The van der Waals surface area contributed by atoms with Crippen LogP contribution in [0, 0.1) is 0 Å². The number of aromatic nitrogens is 1. The van der Waals surface area contributed by atoms with Gasteiger partial charge in [-0.1, -0.05) is 24.2 Å². The van der Waals surface area contributed by atoms with E-state index in [0.29, 0.717) is 24.4 Å². The molecular weight excluding hydrogens is 290 g/mol. The zero-order valence-electron chi connectivity index (χ0n) is 11.9. The van der Waals surface area contributed by atoms with Crippen molar-refractivity contribution >= 4 is 10.0 Å². The predicted octanol–water partition coefficient (Wildman–Crippen LogP) is 1.62. The van der Waals surface area contributed by atoms with Crippen LogP contribution in [0.2, 0.25) is 0 Å². The fourth-order valence-corrected chi connectivity index (χ4v) is 3.15. The van der Waals surface area contributed by atoms with Crippen LogP contribution in [0.3, 0.4) is 0 Å². The number of benzene rings is 1. The average molecular weight is 309 g/mol. The summed E-state index contributed by atoms with van der Waals surface area (Å²) in [4.78, 5) is 0.192. The predicted molar refractivity (Wildman–Crippen MR) is 80.3 cm³/mol. The summed E-state index contributed by atoms with van der Waals surface area (Å²) in [6, 6.07) is 8.34. The summed E-state index contributed by atoms with van der Waals surface area (Å²) in [6.07, 6.45) is 2.50. The summed E-state index contributed by atoms with van der Waals surface area (Å²) in [6.45, 7) is 3.87. The highest BCUT2D eigenvalue weighted by molar-refractivity contribution is 7.89. The van der Waals surface area contributed by atoms with Crippen LogP contribution in [0.15, 0.2) is 45.9 Å². The molecule has 0 spiro atoms. The standard InChI is InChI=1S/C14H19N3O3S/c1-2-8-15-10-11-17-21(18,19)14-6-4-3-5-12(14)13-7-9-16-20-13/h3-7,9,15,17H,2,8,10-11H2,1H3. The molecular formula is C14H19N3O3S. The third-order valence-electron chi connectivity index (χ3n) is 2.90. The molecule has 7 heteroatoms. The first-order valence-electron chi connectivity index (χ1n) is 6.85. The van der Waals surface area contributed by atoms with Gasteiger partial charge in [0.1, 0.15) is 0 Å². The van der Waals surface area contributed by atoms with Crippen LogP contribution in [0.1, 0.15) is 13.3 Å². The van der Waals surface area contributed by atoms with Crippen molar-refractivity contribution in [2.45, 2.75) is 18.2 Å². The van der Waals surface area contributed by atoms with Crippen LogP contribution in [0.5, 0.6) is 0 Å².